The van der Waals surface area contributed by atoms with E-state index < -0.39 is 0 Å². The normalized spacial score (nSPS) is 29.2. The molecule has 1 aromatic rings. The summed E-state index contributed by atoms with van der Waals surface area (Å²) >= 11 is 0. The number of nitrogens with zero attached hydrogens (tertiary/aromatic N) is 1. The molecule has 1 heterocycles. The fraction of sp³-hybridized carbons (Fsp3) is 0.619. The van der Waals surface area contributed by atoms with Crippen LogP contribution in [-0.2, 0) is 9.59 Å². The van der Waals surface area contributed by atoms with Gasteiger partial charge in [0.05, 0.1) is 0 Å². The lowest BCUT2D eigenvalue weighted by Gasteiger charge is -2.45. The number of nitrogens with two attached hydrogens (primary N) is 1. The first-order chi connectivity index (χ1) is 13.1. The van der Waals surface area contributed by atoms with Gasteiger partial charge in [-0.05, 0) is 56.1 Å². The molecule has 0 spiro atoms. The molecule has 28 heavy (non-hydrogen) atoms. The standard InChI is InChI=1S/C21H29N3O3.ClH/c22-16-10-14-4-1-5-15(11-16)21(14)23-19(25)13-27-18-7-2-6-17(12-18)24-9-3-8-20(24)26;/h2,6-7,12,14-16,21H,1,3-5,8-11,13,22H2,(H,23,25);1H. The van der Waals surface area contributed by atoms with E-state index in [1.165, 1.54) is 6.42 Å². The zero-order valence-electron chi connectivity index (χ0n) is 16.1. The van der Waals surface area contributed by atoms with Gasteiger partial charge in [0, 0.05) is 36.8 Å². The van der Waals surface area contributed by atoms with E-state index in [2.05, 4.69) is 5.32 Å². The number of ether oxygens (including phenoxy) is 1. The lowest BCUT2D eigenvalue weighted by atomic mass is 9.67. The number of carbonyl (C=O) groups excluding carboxylic acids is 2. The smallest absolute Gasteiger partial charge is 0.258 e. The Balaban J connectivity index is 0.00000225. The lowest BCUT2D eigenvalue weighted by molar-refractivity contribution is -0.125. The molecular weight excluding hydrogens is 378 g/mol. The van der Waals surface area contributed by atoms with Crippen molar-refractivity contribution in [1.82, 2.24) is 5.32 Å². The van der Waals surface area contributed by atoms with E-state index in [0.29, 0.717) is 24.0 Å². The van der Waals surface area contributed by atoms with Crippen LogP contribution in [0, 0.1) is 11.8 Å². The number of nitrogens with one attached hydrogen (secondary N) is 1. The van der Waals surface area contributed by atoms with Gasteiger partial charge in [0.1, 0.15) is 5.75 Å². The van der Waals surface area contributed by atoms with Crippen LogP contribution < -0.4 is 20.7 Å². The summed E-state index contributed by atoms with van der Waals surface area (Å²) in [5, 5.41) is 3.20. The summed E-state index contributed by atoms with van der Waals surface area (Å²) in [6, 6.07) is 7.95. The average molecular weight is 408 g/mol. The Labute approximate surface area is 172 Å². The number of halogens is 1. The van der Waals surface area contributed by atoms with Crippen molar-refractivity contribution < 1.29 is 14.3 Å². The second kappa shape index (κ2) is 9.14. The summed E-state index contributed by atoms with van der Waals surface area (Å²) in [7, 11) is 0. The Morgan fingerprint density at radius 3 is 2.64 bits per heavy atom. The molecule has 2 unspecified atom stereocenters. The highest BCUT2D eigenvalue weighted by atomic mass is 35.5. The number of rotatable bonds is 5. The van der Waals surface area contributed by atoms with Crippen molar-refractivity contribution in [3.05, 3.63) is 24.3 Å². The number of benzene rings is 1. The minimum absolute atomic E-state index is 0. The Bertz CT molecular complexity index is 700. The first kappa shape index (κ1) is 20.9. The van der Waals surface area contributed by atoms with Crippen molar-refractivity contribution >= 4 is 29.9 Å². The summed E-state index contributed by atoms with van der Waals surface area (Å²) in [6.45, 7) is 0.745. The minimum Gasteiger partial charge on any atom is -0.484 e. The van der Waals surface area contributed by atoms with E-state index >= 15 is 0 Å². The van der Waals surface area contributed by atoms with Crippen LogP contribution in [-0.4, -0.2) is 37.0 Å². The molecule has 2 bridgehead atoms. The number of hydrogen-bond acceptors (Lipinski definition) is 4. The van der Waals surface area contributed by atoms with Gasteiger partial charge in [-0.2, -0.15) is 0 Å². The summed E-state index contributed by atoms with van der Waals surface area (Å²) in [6.07, 6.45) is 7.06. The number of carbonyl (C=O) groups is 2. The summed E-state index contributed by atoms with van der Waals surface area (Å²) in [5.74, 6) is 1.69. The molecule has 3 N–H and O–H groups in total. The van der Waals surface area contributed by atoms with E-state index in [9.17, 15) is 9.59 Å². The van der Waals surface area contributed by atoms with E-state index in [4.69, 9.17) is 10.5 Å². The van der Waals surface area contributed by atoms with E-state index in [1.54, 1.807) is 4.90 Å². The van der Waals surface area contributed by atoms with Crippen LogP contribution in [0.1, 0.15) is 44.9 Å². The van der Waals surface area contributed by atoms with Gasteiger partial charge in [-0.25, -0.2) is 0 Å². The molecule has 6 nitrogen and oxygen atoms in total. The van der Waals surface area contributed by atoms with Crippen LogP contribution in [0.3, 0.4) is 0 Å². The summed E-state index contributed by atoms with van der Waals surface area (Å²) in [4.78, 5) is 26.1. The first-order valence-corrected chi connectivity index (χ1v) is 10.2. The van der Waals surface area contributed by atoms with Crippen LogP contribution in [0.2, 0.25) is 0 Å². The van der Waals surface area contributed by atoms with Crippen molar-refractivity contribution in [3.63, 3.8) is 0 Å². The molecule has 3 fully saturated rings. The molecule has 2 saturated carbocycles. The van der Waals surface area contributed by atoms with Crippen molar-refractivity contribution in [2.75, 3.05) is 18.1 Å². The van der Waals surface area contributed by atoms with E-state index in [1.807, 2.05) is 24.3 Å². The zero-order chi connectivity index (χ0) is 18.8. The van der Waals surface area contributed by atoms with Gasteiger partial charge in [0.15, 0.2) is 6.61 Å². The Morgan fingerprint density at radius 2 is 1.96 bits per heavy atom. The zero-order valence-corrected chi connectivity index (χ0v) is 17.0. The van der Waals surface area contributed by atoms with Crippen LogP contribution in [0.4, 0.5) is 5.69 Å². The van der Waals surface area contributed by atoms with Gasteiger partial charge in [0.25, 0.3) is 5.91 Å². The highest BCUT2D eigenvalue weighted by molar-refractivity contribution is 5.95. The van der Waals surface area contributed by atoms with Crippen LogP contribution in [0.5, 0.6) is 5.75 Å². The van der Waals surface area contributed by atoms with Gasteiger partial charge in [-0.15, -0.1) is 12.4 Å². The quantitative estimate of drug-likeness (QED) is 0.785. The molecule has 2 aliphatic carbocycles. The fourth-order valence-corrected chi connectivity index (χ4v) is 5.06. The topological polar surface area (TPSA) is 84.7 Å². The van der Waals surface area contributed by atoms with Gasteiger partial charge in [-0.1, -0.05) is 12.5 Å². The second-order valence-corrected chi connectivity index (χ2v) is 8.21. The number of anilines is 1. The molecule has 4 rings (SSSR count). The average Bonchev–Trinajstić information content (AvgIpc) is 3.07. The molecule has 1 saturated heterocycles. The molecule has 7 heteroatoms. The molecular formula is C21H30ClN3O3. The minimum atomic E-state index is -0.0741. The molecule has 1 aromatic carbocycles. The van der Waals surface area contributed by atoms with Gasteiger partial charge < -0.3 is 20.7 Å². The third-order valence-corrected chi connectivity index (χ3v) is 6.28. The predicted molar refractivity (Wildman–Crippen MR) is 111 cm³/mol. The van der Waals surface area contributed by atoms with E-state index in [0.717, 1.165) is 44.3 Å². The van der Waals surface area contributed by atoms with Crippen LogP contribution in [0.25, 0.3) is 0 Å². The van der Waals surface area contributed by atoms with Crippen LogP contribution >= 0.6 is 12.4 Å². The molecule has 2 atom stereocenters. The molecule has 1 aliphatic heterocycles. The maximum atomic E-state index is 12.5. The molecule has 154 valence electrons. The number of amides is 2. The van der Waals surface area contributed by atoms with E-state index in [-0.39, 0.29) is 42.9 Å². The van der Waals surface area contributed by atoms with Crippen molar-refractivity contribution in [2.45, 2.75) is 57.0 Å². The molecule has 3 aliphatic rings. The predicted octanol–water partition coefficient (Wildman–Crippen LogP) is 2.64. The third-order valence-electron chi connectivity index (χ3n) is 6.28. The van der Waals surface area contributed by atoms with Crippen LogP contribution in [0.15, 0.2) is 24.3 Å². The highest BCUT2D eigenvalue weighted by Gasteiger charge is 2.39. The first-order valence-electron chi connectivity index (χ1n) is 10.2. The summed E-state index contributed by atoms with van der Waals surface area (Å²) in [5.41, 5.74) is 7.00. The molecule has 2 amide bonds. The monoisotopic (exact) mass is 407 g/mol. The van der Waals surface area contributed by atoms with Crippen molar-refractivity contribution in [1.29, 1.82) is 0 Å². The Kier molecular flexibility index (Phi) is 6.83. The van der Waals surface area contributed by atoms with Crippen molar-refractivity contribution in [2.24, 2.45) is 17.6 Å². The van der Waals surface area contributed by atoms with Gasteiger partial charge >= 0.3 is 0 Å². The second-order valence-electron chi connectivity index (χ2n) is 8.21. The Morgan fingerprint density at radius 1 is 1.21 bits per heavy atom. The maximum Gasteiger partial charge on any atom is 0.258 e. The largest absolute Gasteiger partial charge is 0.484 e. The maximum absolute atomic E-state index is 12.5. The number of fused-ring (bicyclic) bond motifs is 2. The van der Waals surface area contributed by atoms with Gasteiger partial charge in [0.2, 0.25) is 5.91 Å². The third kappa shape index (κ3) is 4.61. The fourth-order valence-electron chi connectivity index (χ4n) is 5.06. The summed E-state index contributed by atoms with van der Waals surface area (Å²) < 4.78 is 5.71. The SMILES string of the molecule is Cl.NC1CC2CCCC(C1)C2NC(=O)COc1cccc(N2CCCC2=O)c1. The lowest BCUT2D eigenvalue weighted by Crippen LogP contribution is -2.54. The Hall–Kier alpha value is -1.79. The molecule has 0 radical (unpaired) electrons. The van der Waals surface area contributed by atoms with Gasteiger partial charge in [-0.3, -0.25) is 9.59 Å². The highest BCUT2D eigenvalue weighted by Crippen LogP contribution is 2.39. The van der Waals surface area contributed by atoms with Crippen molar-refractivity contribution in [3.8, 4) is 5.75 Å². The number of hydrogen-bond donors (Lipinski definition) is 2. The molecule has 0 aromatic heterocycles.